The van der Waals surface area contributed by atoms with Crippen LogP contribution in [0, 0.1) is 17.8 Å². The highest BCUT2D eigenvalue weighted by molar-refractivity contribution is 7.10. The van der Waals surface area contributed by atoms with E-state index in [0.717, 1.165) is 38.0 Å². The Bertz CT molecular complexity index is 507. The third-order valence-electron chi connectivity index (χ3n) is 3.62. The molecule has 5 heteroatoms. The molecule has 2 rings (SSSR count). The van der Waals surface area contributed by atoms with Gasteiger partial charge in [-0.25, -0.2) is 0 Å². The van der Waals surface area contributed by atoms with Gasteiger partial charge in [0.2, 0.25) is 5.91 Å². The summed E-state index contributed by atoms with van der Waals surface area (Å²) in [7, 11) is 1.70. The molecule has 0 bridgehead atoms. The van der Waals surface area contributed by atoms with Crippen molar-refractivity contribution in [2.75, 3.05) is 26.7 Å². The first-order valence-corrected chi connectivity index (χ1v) is 7.72. The molecule has 0 saturated carbocycles. The van der Waals surface area contributed by atoms with E-state index in [1.54, 1.807) is 18.4 Å². The first-order valence-electron chi connectivity index (χ1n) is 6.84. The zero-order valence-corrected chi connectivity index (χ0v) is 12.5. The largest absolute Gasteiger partial charge is 0.384 e. The summed E-state index contributed by atoms with van der Waals surface area (Å²) in [5.41, 5.74) is 1.01. The van der Waals surface area contributed by atoms with Gasteiger partial charge in [-0.15, -0.1) is 11.3 Å². The van der Waals surface area contributed by atoms with E-state index >= 15 is 0 Å². The molecule has 4 nitrogen and oxygen atoms in total. The molecule has 0 spiro atoms. The van der Waals surface area contributed by atoms with Crippen LogP contribution < -0.4 is 5.32 Å². The van der Waals surface area contributed by atoms with Crippen LogP contribution in [0.1, 0.15) is 23.3 Å². The van der Waals surface area contributed by atoms with Crippen molar-refractivity contribution in [1.29, 1.82) is 0 Å². The zero-order chi connectivity index (χ0) is 14.4. The molecule has 1 fully saturated rings. The predicted octanol–water partition coefficient (Wildman–Crippen LogP) is 1.05. The summed E-state index contributed by atoms with van der Waals surface area (Å²) in [6.45, 7) is 2.67. The summed E-state index contributed by atoms with van der Waals surface area (Å²) in [6, 6.07) is 2.00. The van der Waals surface area contributed by atoms with Crippen LogP contribution >= 0.6 is 11.3 Å². The molecule has 1 amide bonds. The first kappa shape index (κ1) is 15.0. The van der Waals surface area contributed by atoms with E-state index in [1.165, 1.54) is 4.88 Å². The van der Waals surface area contributed by atoms with Crippen LogP contribution in [0.3, 0.4) is 0 Å². The number of amides is 1. The number of carbonyl (C=O) groups is 1. The van der Waals surface area contributed by atoms with E-state index in [2.05, 4.69) is 22.1 Å². The van der Waals surface area contributed by atoms with E-state index in [9.17, 15) is 4.79 Å². The standard InChI is InChI=1S/C15H20N2O2S/c1-16-15(19)13-4-7-17(8-5-13)11-14-12(3-2-9-18)6-10-20-14/h6,10,13,18H,4-5,7-9,11H2,1H3,(H,16,19). The quantitative estimate of drug-likeness (QED) is 0.819. The number of hydrogen-bond acceptors (Lipinski definition) is 4. The maximum atomic E-state index is 11.6. The molecule has 1 aromatic rings. The molecule has 1 aliphatic heterocycles. The second kappa shape index (κ2) is 7.44. The first-order chi connectivity index (χ1) is 9.74. The van der Waals surface area contributed by atoms with E-state index < -0.39 is 0 Å². The van der Waals surface area contributed by atoms with Crippen LogP contribution in [0.25, 0.3) is 0 Å². The minimum atomic E-state index is -0.104. The van der Waals surface area contributed by atoms with Gasteiger partial charge in [-0.3, -0.25) is 9.69 Å². The van der Waals surface area contributed by atoms with Gasteiger partial charge in [0, 0.05) is 30.0 Å². The molecule has 20 heavy (non-hydrogen) atoms. The second-order valence-electron chi connectivity index (χ2n) is 4.88. The van der Waals surface area contributed by atoms with E-state index in [1.807, 2.05) is 11.4 Å². The van der Waals surface area contributed by atoms with Gasteiger partial charge in [-0.05, 0) is 37.4 Å². The molecule has 2 N–H and O–H groups in total. The third kappa shape index (κ3) is 3.83. The van der Waals surface area contributed by atoms with Crippen LogP contribution in [0.4, 0.5) is 0 Å². The maximum Gasteiger partial charge on any atom is 0.222 e. The fraction of sp³-hybridized carbons (Fsp3) is 0.533. The monoisotopic (exact) mass is 292 g/mol. The Labute approximate surface area is 123 Å². The Morgan fingerprint density at radius 3 is 2.95 bits per heavy atom. The lowest BCUT2D eigenvalue weighted by Gasteiger charge is -2.30. The lowest BCUT2D eigenvalue weighted by Crippen LogP contribution is -2.39. The fourth-order valence-corrected chi connectivity index (χ4v) is 3.34. The van der Waals surface area contributed by atoms with E-state index in [0.29, 0.717) is 0 Å². The topological polar surface area (TPSA) is 52.6 Å². The van der Waals surface area contributed by atoms with Gasteiger partial charge in [-0.2, -0.15) is 0 Å². The Morgan fingerprint density at radius 1 is 1.55 bits per heavy atom. The fourth-order valence-electron chi connectivity index (χ4n) is 2.47. The maximum absolute atomic E-state index is 11.6. The number of nitrogens with one attached hydrogen (secondary N) is 1. The minimum absolute atomic E-state index is 0.104. The molecule has 0 radical (unpaired) electrons. The summed E-state index contributed by atoms with van der Waals surface area (Å²) in [4.78, 5) is 15.2. The zero-order valence-electron chi connectivity index (χ0n) is 11.7. The van der Waals surface area contributed by atoms with Gasteiger partial charge < -0.3 is 10.4 Å². The molecule has 1 aliphatic rings. The molecule has 1 saturated heterocycles. The van der Waals surface area contributed by atoms with Gasteiger partial charge >= 0.3 is 0 Å². The predicted molar refractivity (Wildman–Crippen MR) is 80.4 cm³/mol. The van der Waals surface area contributed by atoms with Crippen LogP contribution in [0.15, 0.2) is 11.4 Å². The molecule has 0 atom stereocenters. The van der Waals surface area contributed by atoms with Gasteiger partial charge in [0.05, 0.1) is 0 Å². The number of likely N-dealkylation sites (tertiary alicyclic amines) is 1. The number of aliphatic hydroxyl groups is 1. The smallest absolute Gasteiger partial charge is 0.222 e. The number of aliphatic hydroxyl groups excluding tert-OH is 1. The molecular formula is C15H20N2O2S. The molecule has 2 heterocycles. The van der Waals surface area contributed by atoms with Crippen LogP contribution in [0.2, 0.25) is 0 Å². The van der Waals surface area contributed by atoms with Crippen molar-refractivity contribution in [3.8, 4) is 11.8 Å². The molecule has 108 valence electrons. The SMILES string of the molecule is CNC(=O)C1CCN(Cc2sccc2C#CCO)CC1. The molecular weight excluding hydrogens is 272 g/mol. The number of hydrogen-bond donors (Lipinski definition) is 2. The lowest BCUT2D eigenvalue weighted by molar-refractivity contribution is -0.125. The number of carbonyl (C=O) groups excluding carboxylic acids is 1. The summed E-state index contributed by atoms with van der Waals surface area (Å²) in [5.74, 6) is 6.01. The van der Waals surface area contributed by atoms with Crippen molar-refractivity contribution < 1.29 is 9.90 Å². The summed E-state index contributed by atoms with van der Waals surface area (Å²) in [6.07, 6.45) is 1.84. The Kier molecular flexibility index (Phi) is 5.60. The van der Waals surface area contributed by atoms with Crippen molar-refractivity contribution in [1.82, 2.24) is 10.2 Å². The molecule has 0 aromatic carbocycles. The van der Waals surface area contributed by atoms with Crippen LogP contribution in [-0.4, -0.2) is 42.7 Å². The number of piperidine rings is 1. The van der Waals surface area contributed by atoms with Crippen molar-refractivity contribution in [3.63, 3.8) is 0 Å². The molecule has 1 aromatic heterocycles. The highest BCUT2D eigenvalue weighted by Gasteiger charge is 2.24. The number of rotatable bonds is 3. The summed E-state index contributed by atoms with van der Waals surface area (Å²) >= 11 is 1.70. The summed E-state index contributed by atoms with van der Waals surface area (Å²) < 4.78 is 0. The highest BCUT2D eigenvalue weighted by atomic mass is 32.1. The van der Waals surface area contributed by atoms with Gasteiger partial charge in [-0.1, -0.05) is 11.8 Å². The number of nitrogens with zero attached hydrogens (tertiary/aromatic N) is 1. The van der Waals surface area contributed by atoms with E-state index in [4.69, 9.17) is 5.11 Å². The Balaban J connectivity index is 1.90. The summed E-state index contributed by atoms with van der Waals surface area (Å²) in [5, 5.41) is 13.5. The normalized spacial score (nSPS) is 16.5. The van der Waals surface area contributed by atoms with Gasteiger partial charge in [0.15, 0.2) is 0 Å². The van der Waals surface area contributed by atoms with Crippen LogP contribution in [-0.2, 0) is 11.3 Å². The van der Waals surface area contributed by atoms with Crippen molar-refractivity contribution in [2.45, 2.75) is 19.4 Å². The van der Waals surface area contributed by atoms with Gasteiger partial charge in [0.1, 0.15) is 6.61 Å². The van der Waals surface area contributed by atoms with Gasteiger partial charge in [0.25, 0.3) is 0 Å². The Morgan fingerprint density at radius 2 is 2.30 bits per heavy atom. The molecule has 0 unspecified atom stereocenters. The third-order valence-corrected chi connectivity index (χ3v) is 4.53. The van der Waals surface area contributed by atoms with Crippen LogP contribution in [0.5, 0.6) is 0 Å². The van der Waals surface area contributed by atoms with Crippen molar-refractivity contribution in [3.05, 3.63) is 21.9 Å². The highest BCUT2D eigenvalue weighted by Crippen LogP contribution is 2.23. The average Bonchev–Trinajstić information content (AvgIpc) is 2.92. The van der Waals surface area contributed by atoms with E-state index in [-0.39, 0.29) is 18.4 Å². The lowest BCUT2D eigenvalue weighted by atomic mass is 9.96. The molecule has 0 aliphatic carbocycles. The van der Waals surface area contributed by atoms with Crippen molar-refractivity contribution >= 4 is 17.2 Å². The average molecular weight is 292 g/mol. The minimum Gasteiger partial charge on any atom is -0.384 e. The number of thiophene rings is 1. The second-order valence-corrected chi connectivity index (χ2v) is 5.88. The Hall–Kier alpha value is -1.35. The van der Waals surface area contributed by atoms with Crippen molar-refractivity contribution in [2.24, 2.45) is 5.92 Å².